The smallest absolute Gasteiger partial charge is 0.262 e. The van der Waals surface area contributed by atoms with Crippen molar-refractivity contribution in [1.29, 1.82) is 0 Å². The summed E-state index contributed by atoms with van der Waals surface area (Å²) in [6.07, 6.45) is 0. The van der Waals surface area contributed by atoms with E-state index < -0.39 is 0 Å². The first-order chi connectivity index (χ1) is 14.1. The van der Waals surface area contributed by atoms with Crippen LogP contribution in [0.2, 0.25) is 5.02 Å². The molecule has 2 N–H and O–H groups in total. The minimum Gasteiger partial charge on any atom is -0.497 e. The SMILES string of the molecule is COc1ccc(CNCc2ccccc2OCC(=O)Nc2ccc(Cl)cc2)cc1. The molecule has 0 spiro atoms. The third-order valence-electron chi connectivity index (χ3n) is 4.26. The molecule has 3 aromatic carbocycles. The zero-order chi connectivity index (χ0) is 20.5. The third-order valence-corrected chi connectivity index (χ3v) is 4.51. The summed E-state index contributed by atoms with van der Waals surface area (Å²) in [5, 5.41) is 6.80. The first kappa shape index (κ1) is 20.7. The summed E-state index contributed by atoms with van der Waals surface area (Å²) in [6, 6.07) is 22.5. The molecule has 0 aliphatic heterocycles. The summed E-state index contributed by atoms with van der Waals surface area (Å²) in [5.74, 6) is 1.29. The minimum atomic E-state index is -0.228. The maximum Gasteiger partial charge on any atom is 0.262 e. The molecule has 3 rings (SSSR count). The van der Waals surface area contributed by atoms with Crippen LogP contribution in [0.25, 0.3) is 0 Å². The summed E-state index contributed by atoms with van der Waals surface area (Å²) in [7, 11) is 1.65. The Balaban J connectivity index is 1.50. The molecule has 0 fully saturated rings. The first-order valence-corrected chi connectivity index (χ1v) is 9.61. The van der Waals surface area contributed by atoms with Gasteiger partial charge in [-0.2, -0.15) is 0 Å². The second-order valence-corrected chi connectivity index (χ2v) is 6.84. The molecule has 0 aromatic heterocycles. The number of para-hydroxylation sites is 1. The number of carbonyl (C=O) groups excluding carboxylic acids is 1. The number of rotatable bonds is 9. The normalized spacial score (nSPS) is 10.4. The van der Waals surface area contributed by atoms with Gasteiger partial charge in [-0.1, -0.05) is 41.9 Å². The highest BCUT2D eigenvalue weighted by Gasteiger charge is 2.07. The van der Waals surface area contributed by atoms with Crippen molar-refractivity contribution in [3.05, 3.63) is 88.9 Å². The fraction of sp³-hybridized carbons (Fsp3) is 0.174. The Labute approximate surface area is 175 Å². The fourth-order valence-corrected chi connectivity index (χ4v) is 2.88. The number of anilines is 1. The lowest BCUT2D eigenvalue weighted by molar-refractivity contribution is -0.118. The lowest BCUT2D eigenvalue weighted by atomic mass is 10.2. The summed E-state index contributed by atoms with van der Waals surface area (Å²) < 4.78 is 10.9. The molecule has 29 heavy (non-hydrogen) atoms. The number of amides is 1. The van der Waals surface area contributed by atoms with Gasteiger partial charge in [0, 0.05) is 29.4 Å². The maximum absolute atomic E-state index is 12.1. The Morgan fingerprint density at radius 3 is 2.38 bits per heavy atom. The largest absolute Gasteiger partial charge is 0.497 e. The number of hydrogen-bond donors (Lipinski definition) is 2. The first-order valence-electron chi connectivity index (χ1n) is 9.24. The molecule has 0 aliphatic rings. The van der Waals surface area contributed by atoms with E-state index in [2.05, 4.69) is 10.6 Å². The number of methoxy groups -OCH3 is 1. The van der Waals surface area contributed by atoms with Crippen LogP contribution in [0, 0.1) is 0 Å². The van der Waals surface area contributed by atoms with Gasteiger partial charge in [0.15, 0.2) is 6.61 Å². The molecule has 150 valence electrons. The zero-order valence-corrected chi connectivity index (χ0v) is 16.9. The molecular weight excluding hydrogens is 388 g/mol. The van der Waals surface area contributed by atoms with Crippen molar-refractivity contribution >= 4 is 23.2 Å². The van der Waals surface area contributed by atoms with Crippen LogP contribution < -0.4 is 20.1 Å². The van der Waals surface area contributed by atoms with Crippen LogP contribution in [-0.4, -0.2) is 19.6 Å². The van der Waals surface area contributed by atoms with Crippen LogP contribution in [0.3, 0.4) is 0 Å². The number of halogens is 1. The molecule has 0 aliphatic carbocycles. The molecule has 0 atom stereocenters. The van der Waals surface area contributed by atoms with E-state index in [0.29, 0.717) is 23.0 Å². The highest BCUT2D eigenvalue weighted by molar-refractivity contribution is 6.30. The van der Waals surface area contributed by atoms with E-state index in [1.165, 1.54) is 0 Å². The number of ether oxygens (including phenoxy) is 2. The van der Waals surface area contributed by atoms with Crippen LogP contribution >= 0.6 is 11.6 Å². The molecule has 1 amide bonds. The van der Waals surface area contributed by atoms with Gasteiger partial charge in [0.25, 0.3) is 5.91 Å². The molecule has 0 bridgehead atoms. The van der Waals surface area contributed by atoms with E-state index >= 15 is 0 Å². The van der Waals surface area contributed by atoms with Gasteiger partial charge in [0.1, 0.15) is 11.5 Å². The van der Waals surface area contributed by atoms with Gasteiger partial charge < -0.3 is 20.1 Å². The van der Waals surface area contributed by atoms with Gasteiger partial charge >= 0.3 is 0 Å². The molecule has 6 heteroatoms. The van der Waals surface area contributed by atoms with Crippen LogP contribution in [0.4, 0.5) is 5.69 Å². The van der Waals surface area contributed by atoms with E-state index in [9.17, 15) is 4.79 Å². The van der Waals surface area contributed by atoms with E-state index in [1.54, 1.807) is 31.4 Å². The number of benzene rings is 3. The van der Waals surface area contributed by atoms with Gasteiger partial charge in [0.2, 0.25) is 0 Å². The Morgan fingerprint density at radius 2 is 1.66 bits per heavy atom. The fourth-order valence-electron chi connectivity index (χ4n) is 2.75. The van der Waals surface area contributed by atoms with Gasteiger partial charge in [-0.25, -0.2) is 0 Å². The lowest BCUT2D eigenvalue weighted by Gasteiger charge is -2.12. The topological polar surface area (TPSA) is 59.6 Å². The maximum atomic E-state index is 12.1. The zero-order valence-electron chi connectivity index (χ0n) is 16.2. The van der Waals surface area contributed by atoms with Crippen LogP contribution in [0.15, 0.2) is 72.8 Å². The summed E-state index contributed by atoms with van der Waals surface area (Å²) in [4.78, 5) is 12.1. The van der Waals surface area contributed by atoms with Crippen molar-refractivity contribution in [3.63, 3.8) is 0 Å². The highest BCUT2D eigenvalue weighted by atomic mass is 35.5. The molecule has 0 saturated heterocycles. The summed E-state index contributed by atoms with van der Waals surface area (Å²) in [5.41, 5.74) is 2.82. The molecule has 3 aromatic rings. The second kappa shape index (κ2) is 10.5. The van der Waals surface area contributed by atoms with Gasteiger partial charge in [-0.3, -0.25) is 4.79 Å². The minimum absolute atomic E-state index is 0.0713. The van der Waals surface area contributed by atoms with E-state index in [0.717, 1.165) is 23.4 Å². The van der Waals surface area contributed by atoms with Crippen molar-refractivity contribution in [1.82, 2.24) is 5.32 Å². The van der Waals surface area contributed by atoms with E-state index in [-0.39, 0.29) is 12.5 Å². The molecule has 5 nitrogen and oxygen atoms in total. The van der Waals surface area contributed by atoms with Crippen molar-refractivity contribution in [2.75, 3.05) is 19.0 Å². The highest BCUT2D eigenvalue weighted by Crippen LogP contribution is 2.19. The Kier molecular flexibility index (Phi) is 7.50. The van der Waals surface area contributed by atoms with Crippen molar-refractivity contribution in [2.24, 2.45) is 0 Å². The van der Waals surface area contributed by atoms with Crippen molar-refractivity contribution in [2.45, 2.75) is 13.1 Å². The second-order valence-electron chi connectivity index (χ2n) is 6.40. The van der Waals surface area contributed by atoms with Crippen LogP contribution in [0.5, 0.6) is 11.5 Å². The summed E-state index contributed by atoms with van der Waals surface area (Å²) in [6.45, 7) is 1.27. The number of carbonyl (C=O) groups is 1. The molecule has 0 radical (unpaired) electrons. The average Bonchev–Trinajstić information content (AvgIpc) is 2.75. The van der Waals surface area contributed by atoms with Gasteiger partial charge in [-0.05, 0) is 48.0 Å². The standard InChI is InChI=1S/C23H23ClN2O3/c1-28-21-12-6-17(7-13-21)14-25-15-18-4-2-3-5-22(18)29-16-23(27)26-20-10-8-19(24)9-11-20/h2-13,25H,14-16H2,1H3,(H,26,27). The lowest BCUT2D eigenvalue weighted by Crippen LogP contribution is -2.21. The Bertz CT molecular complexity index is 928. The van der Waals surface area contributed by atoms with Crippen LogP contribution in [-0.2, 0) is 17.9 Å². The molecular formula is C23H23ClN2O3. The Hall–Kier alpha value is -3.02. The van der Waals surface area contributed by atoms with Gasteiger partial charge in [-0.15, -0.1) is 0 Å². The number of nitrogens with one attached hydrogen (secondary N) is 2. The molecule has 0 heterocycles. The van der Waals surface area contributed by atoms with Crippen LogP contribution in [0.1, 0.15) is 11.1 Å². The van der Waals surface area contributed by atoms with E-state index in [1.807, 2.05) is 48.5 Å². The van der Waals surface area contributed by atoms with Crippen molar-refractivity contribution in [3.8, 4) is 11.5 Å². The quantitative estimate of drug-likeness (QED) is 0.538. The Morgan fingerprint density at radius 1 is 0.931 bits per heavy atom. The van der Waals surface area contributed by atoms with E-state index in [4.69, 9.17) is 21.1 Å². The van der Waals surface area contributed by atoms with Gasteiger partial charge in [0.05, 0.1) is 7.11 Å². The van der Waals surface area contributed by atoms with Crippen molar-refractivity contribution < 1.29 is 14.3 Å². The molecule has 0 unspecified atom stereocenters. The average molecular weight is 411 g/mol. The predicted molar refractivity (Wildman–Crippen MR) is 116 cm³/mol. The predicted octanol–water partition coefficient (Wildman–Crippen LogP) is 4.66. The summed E-state index contributed by atoms with van der Waals surface area (Å²) >= 11 is 5.85. The third kappa shape index (κ3) is 6.52. The molecule has 0 saturated carbocycles. The monoisotopic (exact) mass is 410 g/mol. The number of hydrogen-bond acceptors (Lipinski definition) is 4.